The average Bonchev–Trinajstić information content (AvgIpc) is 2.13. The number of carboxylic acid groups (broad SMARTS) is 1. The second kappa shape index (κ2) is 12.7. The van der Waals surface area contributed by atoms with Crippen LogP contribution < -0.4 is 0 Å². The van der Waals surface area contributed by atoms with Gasteiger partial charge in [-0.05, 0) is 13.3 Å². The molecular weight excluding hydrogens is 224 g/mol. The molecule has 17 heavy (non-hydrogen) atoms. The number of esters is 1. The molecule has 0 heterocycles. The van der Waals surface area contributed by atoms with E-state index in [-0.39, 0.29) is 14.0 Å². The van der Waals surface area contributed by atoms with E-state index in [9.17, 15) is 9.90 Å². The van der Waals surface area contributed by atoms with E-state index in [0.29, 0.717) is 12.0 Å². The van der Waals surface area contributed by atoms with Crippen molar-refractivity contribution in [2.24, 2.45) is 0 Å². The van der Waals surface area contributed by atoms with Gasteiger partial charge in [-0.2, -0.15) is 0 Å². The second-order valence-electron chi connectivity index (χ2n) is 3.34. The van der Waals surface area contributed by atoms with E-state index in [2.05, 4.69) is 6.58 Å². The molecule has 5 nitrogen and oxygen atoms in total. The molecule has 102 valence electrons. The van der Waals surface area contributed by atoms with E-state index in [1.54, 1.807) is 6.92 Å². The van der Waals surface area contributed by atoms with Crippen LogP contribution in [0.2, 0.25) is 0 Å². The first-order valence-corrected chi connectivity index (χ1v) is 5.01. The fourth-order valence-corrected chi connectivity index (χ4v) is 0.712. The molecule has 0 radical (unpaired) electrons. The van der Waals surface area contributed by atoms with E-state index in [4.69, 9.17) is 14.6 Å². The van der Waals surface area contributed by atoms with Crippen molar-refractivity contribution >= 4 is 11.9 Å². The molecule has 0 aliphatic carbocycles. The summed E-state index contributed by atoms with van der Waals surface area (Å²) in [4.78, 5) is 19.8. The second-order valence-corrected chi connectivity index (χ2v) is 3.34. The first-order valence-electron chi connectivity index (χ1n) is 5.01. The smallest absolute Gasteiger partial charge is 0.333 e. The molecule has 0 saturated carbocycles. The van der Waals surface area contributed by atoms with Crippen molar-refractivity contribution in [3.63, 3.8) is 0 Å². The number of aliphatic hydroxyl groups excluding tert-OH is 1. The van der Waals surface area contributed by atoms with Crippen LogP contribution in [-0.4, -0.2) is 34.9 Å². The Morgan fingerprint density at radius 1 is 1.35 bits per heavy atom. The number of rotatable bonds is 5. The van der Waals surface area contributed by atoms with Crippen LogP contribution >= 0.6 is 0 Å². The van der Waals surface area contributed by atoms with Gasteiger partial charge in [0.15, 0.2) is 0 Å². The molecule has 0 rings (SSSR count). The van der Waals surface area contributed by atoms with Crippen molar-refractivity contribution < 1.29 is 24.5 Å². The summed E-state index contributed by atoms with van der Waals surface area (Å²) in [6, 6.07) is 0. The highest BCUT2D eigenvalue weighted by molar-refractivity contribution is 5.86. The van der Waals surface area contributed by atoms with Crippen LogP contribution in [0.25, 0.3) is 0 Å². The lowest BCUT2D eigenvalue weighted by Crippen LogP contribution is -2.18. The SMILES string of the molecule is C.C=C(C)C(=O)OCC(O)CCC.CC(=O)O. The third-order valence-corrected chi connectivity index (χ3v) is 1.38. The Balaban J connectivity index is -0.000000340. The summed E-state index contributed by atoms with van der Waals surface area (Å²) < 4.78 is 4.73. The fraction of sp³-hybridized carbons (Fsp3) is 0.667. The standard InChI is InChI=1S/C9H16O3.C2H4O2.CH4/c1-4-5-8(10)6-12-9(11)7(2)3;1-2(3)4;/h8,10H,2,4-6H2,1,3H3;1H3,(H,3,4);1H4. The topological polar surface area (TPSA) is 83.8 Å². The molecule has 1 unspecified atom stereocenters. The molecular formula is C12H24O5. The number of carbonyl (C=O) groups is 2. The third-order valence-electron chi connectivity index (χ3n) is 1.38. The highest BCUT2D eigenvalue weighted by Crippen LogP contribution is 1.99. The van der Waals surface area contributed by atoms with Crippen molar-refractivity contribution in [1.29, 1.82) is 0 Å². The van der Waals surface area contributed by atoms with Gasteiger partial charge in [0.25, 0.3) is 5.97 Å². The molecule has 0 aliphatic heterocycles. The lowest BCUT2D eigenvalue weighted by atomic mass is 10.2. The Morgan fingerprint density at radius 2 is 1.76 bits per heavy atom. The van der Waals surface area contributed by atoms with Crippen LogP contribution in [-0.2, 0) is 14.3 Å². The maximum atomic E-state index is 10.8. The van der Waals surface area contributed by atoms with Gasteiger partial charge in [-0.3, -0.25) is 4.79 Å². The van der Waals surface area contributed by atoms with Crippen molar-refractivity contribution in [1.82, 2.24) is 0 Å². The Labute approximate surface area is 103 Å². The van der Waals surface area contributed by atoms with Crippen LogP contribution in [0.15, 0.2) is 12.2 Å². The lowest BCUT2D eigenvalue weighted by molar-refractivity contribution is -0.142. The maximum absolute atomic E-state index is 10.8. The summed E-state index contributed by atoms with van der Waals surface area (Å²) in [6.45, 7) is 8.12. The summed E-state index contributed by atoms with van der Waals surface area (Å²) >= 11 is 0. The Bertz CT molecular complexity index is 231. The minimum absolute atomic E-state index is 0. The predicted octanol–water partition coefficient (Wildman–Crippen LogP) is 1.99. The van der Waals surface area contributed by atoms with Gasteiger partial charge < -0.3 is 14.9 Å². The number of hydrogen-bond donors (Lipinski definition) is 2. The first kappa shape index (κ1) is 21.0. The Morgan fingerprint density at radius 3 is 2.06 bits per heavy atom. The summed E-state index contributed by atoms with van der Waals surface area (Å²) in [5.74, 6) is -1.27. The zero-order valence-electron chi connectivity index (χ0n) is 10.0. The molecule has 0 amide bonds. The molecule has 0 bridgehead atoms. The molecule has 0 aromatic heterocycles. The molecule has 0 aliphatic rings. The van der Waals surface area contributed by atoms with Gasteiger partial charge in [0.1, 0.15) is 6.61 Å². The number of carbonyl (C=O) groups excluding carboxylic acids is 1. The minimum Gasteiger partial charge on any atom is -0.481 e. The van der Waals surface area contributed by atoms with Crippen LogP contribution in [0.3, 0.4) is 0 Å². The van der Waals surface area contributed by atoms with Gasteiger partial charge in [0.2, 0.25) is 0 Å². The molecule has 0 aromatic carbocycles. The molecule has 5 heteroatoms. The van der Waals surface area contributed by atoms with Crippen molar-refractivity contribution in [3.05, 3.63) is 12.2 Å². The van der Waals surface area contributed by atoms with Crippen LogP contribution in [0.4, 0.5) is 0 Å². The number of ether oxygens (including phenoxy) is 1. The summed E-state index contributed by atoms with van der Waals surface area (Å²) in [6.07, 6.45) is 0.994. The molecule has 1 atom stereocenters. The van der Waals surface area contributed by atoms with Crippen molar-refractivity contribution in [3.8, 4) is 0 Å². The molecule has 0 spiro atoms. The summed E-state index contributed by atoms with van der Waals surface area (Å²) in [7, 11) is 0. The molecule has 0 aromatic rings. The number of hydrogen-bond acceptors (Lipinski definition) is 4. The van der Waals surface area contributed by atoms with Crippen LogP contribution in [0.1, 0.15) is 41.0 Å². The monoisotopic (exact) mass is 248 g/mol. The predicted molar refractivity (Wildman–Crippen MR) is 66.7 cm³/mol. The van der Waals surface area contributed by atoms with E-state index < -0.39 is 18.0 Å². The lowest BCUT2D eigenvalue weighted by Gasteiger charge is -2.09. The number of aliphatic carboxylic acids is 1. The maximum Gasteiger partial charge on any atom is 0.333 e. The van der Waals surface area contributed by atoms with E-state index in [1.807, 2.05) is 6.92 Å². The summed E-state index contributed by atoms with van der Waals surface area (Å²) in [5.41, 5.74) is 0.360. The van der Waals surface area contributed by atoms with Gasteiger partial charge in [-0.1, -0.05) is 27.4 Å². The summed E-state index contributed by atoms with van der Waals surface area (Å²) in [5, 5.41) is 16.6. The molecule has 2 N–H and O–H groups in total. The average molecular weight is 248 g/mol. The van der Waals surface area contributed by atoms with E-state index in [1.165, 1.54) is 0 Å². The van der Waals surface area contributed by atoms with Gasteiger partial charge in [-0.25, -0.2) is 4.79 Å². The fourth-order valence-electron chi connectivity index (χ4n) is 0.712. The third kappa shape index (κ3) is 20.7. The normalized spacial score (nSPS) is 10.1. The van der Waals surface area contributed by atoms with Gasteiger partial charge >= 0.3 is 5.97 Å². The zero-order chi connectivity index (χ0) is 13.1. The van der Waals surface area contributed by atoms with Crippen LogP contribution in [0, 0.1) is 0 Å². The number of carboxylic acids is 1. The highest BCUT2D eigenvalue weighted by atomic mass is 16.5. The van der Waals surface area contributed by atoms with Crippen LogP contribution in [0.5, 0.6) is 0 Å². The Kier molecular flexibility index (Phi) is 15.7. The zero-order valence-corrected chi connectivity index (χ0v) is 10.0. The minimum atomic E-state index is -0.833. The van der Waals surface area contributed by atoms with Crippen molar-refractivity contribution in [2.45, 2.75) is 47.1 Å². The van der Waals surface area contributed by atoms with Gasteiger partial charge in [-0.15, -0.1) is 0 Å². The Hall–Kier alpha value is -1.36. The van der Waals surface area contributed by atoms with Gasteiger partial charge in [0.05, 0.1) is 6.10 Å². The molecule has 0 fully saturated rings. The molecule has 0 saturated heterocycles. The largest absolute Gasteiger partial charge is 0.481 e. The first-order chi connectivity index (χ1) is 7.31. The van der Waals surface area contributed by atoms with Gasteiger partial charge in [0, 0.05) is 12.5 Å². The van der Waals surface area contributed by atoms with E-state index in [0.717, 1.165) is 13.3 Å². The van der Waals surface area contributed by atoms with Crippen molar-refractivity contribution in [2.75, 3.05) is 6.61 Å². The highest BCUT2D eigenvalue weighted by Gasteiger charge is 2.07. The quantitative estimate of drug-likeness (QED) is 0.574. The van der Waals surface area contributed by atoms with E-state index >= 15 is 0 Å². The number of aliphatic hydroxyl groups is 1.